The van der Waals surface area contributed by atoms with Gasteiger partial charge in [-0.05, 0) is 35.9 Å². The van der Waals surface area contributed by atoms with Crippen molar-refractivity contribution in [1.29, 1.82) is 0 Å². The summed E-state index contributed by atoms with van der Waals surface area (Å²) >= 11 is 0. The molecule has 0 fully saturated rings. The van der Waals surface area contributed by atoms with Gasteiger partial charge in [-0.15, -0.1) is 0 Å². The number of hydrogen-bond donors (Lipinski definition) is 2. The van der Waals surface area contributed by atoms with Gasteiger partial charge in [-0.3, -0.25) is 4.79 Å². The molecule has 3 aromatic carbocycles. The van der Waals surface area contributed by atoms with E-state index < -0.39 is 0 Å². The Kier molecular flexibility index (Phi) is 4.69. The van der Waals surface area contributed by atoms with Crippen LogP contribution in [0.4, 0.5) is 11.4 Å². The molecule has 1 amide bonds. The zero-order chi connectivity index (χ0) is 15.9. The monoisotopic (exact) mass is 302 g/mol. The van der Waals surface area contributed by atoms with Crippen molar-refractivity contribution < 1.29 is 4.79 Å². The van der Waals surface area contributed by atoms with Crippen molar-refractivity contribution in [2.24, 2.45) is 0 Å². The third kappa shape index (κ3) is 3.98. The maximum atomic E-state index is 12.5. The van der Waals surface area contributed by atoms with Crippen LogP contribution in [0.25, 0.3) is 0 Å². The lowest BCUT2D eigenvalue weighted by Crippen LogP contribution is -2.15. The van der Waals surface area contributed by atoms with E-state index in [1.54, 1.807) is 0 Å². The maximum Gasteiger partial charge on any atom is 0.256 e. The Labute approximate surface area is 136 Å². The zero-order valence-electron chi connectivity index (χ0n) is 12.7. The van der Waals surface area contributed by atoms with E-state index >= 15 is 0 Å². The fraction of sp³-hybridized carbons (Fsp3) is 0.0500. The minimum atomic E-state index is -0.0957. The Balaban J connectivity index is 1.73. The molecular formula is C20H18N2O. The molecule has 0 saturated heterocycles. The fourth-order valence-corrected chi connectivity index (χ4v) is 2.37. The van der Waals surface area contributed by atoms with E-state index in [0.717, 1.165) is 16.9 Å². The van der Waals surface area contributed by atoms with Crippen LogP contribution in [0.1, 0.15) is 15.9 Å². The van der Waals surface area contributed by atoms with E-state index in [2.05, 4.69) is 10.6 Å². The van der Waals surface area contributed by atoms with Crippen molar-refractivity contribution in [2.45, 2.75) is 6.54 Å². The van der Waals surface area contributed by atoms with Gasteiger partial charge in [0.25, 0.3) is 5.91 Å². The molecule has 0 saturated carbocycles. The van der Waals surface area contributed by atoms with Gasteiger partial charge in [-0.25, -0.2) is 0 Å². The highest BCUT2D eigenvalue weighted by Gasteiger charge is 2.10. The lowest BCUT2D eigenvalue weighted by atomic mass is 10.1. The summed E-state index contributed by atoms with van der Waals surface area (Å²) in [5.41, 5.74) is 3.47. The molecule has 0 radical (unpaired) electrons. The Morgan fingerprint density at radius 2 is 1.26 bits per heavy atom. The van der Waals surface area contributed by atoms with E-state index in [1.165, 1.54) is 0 Å². The van der Waals surface area contributed by atoms with Crippen molar-refractivity contribution in [3.05, 3.63) is 96.1 Å². The normalized spacial score (nSPS) is 10.1. The molecule has 0 aliphatic carbocycles. The van der Waals surface area contributed by atoms with Crippen LogP contribution in [0, 0.1) is 0 Å². The van der Waals surface area contributed by atoms with Gasteiger partial charge >= 0.3 is 0 Å². The summed E-state index contributed by atoms with van der Waals surface area (Å²) in [6.07, 6.45) is 0. The number of amides is 1. The Bertz CT molecular complexity index is 770. The van der Waals surface area contributed by atoms with Crippen LogP contribution in [0.15, 0.2) is 84.9 Å². The van der Waals surface area contributed by atoms with Crippen LogP contribution in [0.3, 0.4) is 0 Å². The van der Waals surface area contributed by atoms with Crippen molar-refractivity contribution in [2.75, 3.05) is 10.6 Å². The van der Waals surface area contributed by atoms with Gasteiger partial charge in [-0.1, -0.05) is 54.6 Å². The average molecular weight is 302 g/mol. The lowest BCUT2D eigenvalue weighted by molar-refractivity contribution is 0.102. The number of nitrogens with one attached hydrogen (secondary N) is 2. The van der Waals surface area contributed by atoms with Gasteiger partial charge in [0.05, 0.1) is 0 Å². The number of benzene rings is 3. The van der Waals surface area contributed by atoms with E-state index in [9.17, 15) is 4.79 Å². The first-order valence-electron chi connectivity index (χ1n) is 7.56. The molecule has 3 nitrogen and oxygen atoms in total. The molecule has 0 aliphatic heterocycles. The summed E-state index contributed by atoms with van der Waals surface area (Å²) in [7, 11) is 0. The van der Waals surface area contributed by atoms with Gasteiger partial charge in [0.15, 0.2) is 0 Å². The number of anilines is 2. The predicted molar refractivity (Wildman–Crippen MR) is 94.6 cm³/mol. The highest BCUT2D eigenvalue weighted by atomic mass is 16.1. The Hall–Kier alpha value is -3.07. The van der Waals surface area contributed by atoms with Crippen LogP contribution in [0.2, 0.25) is 0 Å². The molecular weight excluding hydrogens is 284 g/mol. The van der Waals surface area contributed by atoms with Crippen LogP contribution in [-0.4, -0.2) is 5.91 Å². The van der Waals surface area contributed by atoms with Crippen LogP contribution in [-0.2, 0) is 6.54 Å². The molecule has 0 unspecified atom stereocenters. The number of para-hydroxylation sites is 2. The Morgan fingerprint density at radius 1 is 0.696 bits per heavy atom. The van der Waals surface area contributed by atoms with Crippen LogP contribution >= 0.6 is 0 Å². The van der Waals surface area contributed by atoms with Crippen LogP contribution in [0.5, 0.6) is 0 Å². The molecule has 0 aliphatic rings. The number of rotatable bonds is 5. The summed E-state index contributed by atoms with van der Waals surface area (Å²) in [5, 5.41) is 6.27. The van der Waals surface area contributed by atoms with Gasteiger partial charge in [-0.2, -0.15) is 0 Å². The molecule has 0 bridgehead atoms. The smallest absolute Gasteiger partial charge is 0.256 e. The molecule has 0 spiro atoms. The third-order valence-electron chi connectivity index (χ3n) is 3.55. The molecule has 0 atom stereocenters. The van der Waals surface area contributed by atoms with Crippen molar-refractivity contribution >= 4 is 17.3 Å². The minimum absolute atomic E-state index is 0.0957. The first-order chi connectivity index (χ1) is 11.3. The number of carbonyl (C=O) groups is 1. The minimum Gasteiger partial charge on any atom is -0.381 e. The van der Waals surface area contributed by atoms with Gasteiger partial charge < -0.3 is 10.6 Å². The third-order valence-corrected chi connectivity index (χ3v) is 3.55. The van der Waals surface area contributed by atoms with E-state index in [1.807, 2.05) is 84.9 Å². The van der Waals surface area contributed by atoms with Crippen LogP contribution < -0.4 is 10.6 Å². The van der Waals surface area contributed by atoms with Crippen molar-refractivity contribution in [1.82, 2.24) is 0 Å². The fourth-order valence-electron chi connectivity index (χ4n) is 2.37. The summed E-state index contributed by atoms with van der Waals surface area (Å²) in [4.78, 5) is 12.5. The van der Waals surface area contributed by atoms with Gasteiger partial charge in [0, 0.05) is 23.5 Å². The SMILES string of the molecule is O=C(Nc1ccccc1)c1ccccc1CNc1ccccc1. The molecule has 0 heterocycles. The molecule has 0 aromatic heterocycles. The number of carbonyl (C=O) groups excluding carboxylic acids is 1. The standard InChI is InChI=1S/C20H18N2O/c23-20(22-18-12-5-2-6-13-18)19-14-8-7-9-16(19)15-21-17-10-3-1-4-11-17/h1-14,21H,15H2,(H,22,23). The second-order valence-electron chi connectivity index (χ2n) is 5.20. The summed E-state index contributed by atoms with van der Waals surface area (Å²) < 4.78 is 0. The second-order valence-corrected chi connectivity index (χ2v) is 5.20. The van der Waals surface area contributed by atoms with E-state index in [-0.39, 0.29) is 5.91 Å². The molecule has 2 N–H and O–H groups in total. The highest BCUT2D eigenvalue weighted by Crippen LogP contribution is 2.15. The Morgan fingerprint density at radius 3 is 1.96 bits per heavy atom. The maximum absolute atomic E-state index is 12.5. The first-order valence-corrected chi connectivity index (χ1v) is 7.56. The quantitative estimate of drug-likeness (QED) is 0.726. The predicted octanol–water partition coefficient (Wildman–Crippen LogP) is 4.55. The molecule has 23 heavy (non-hydrogen) atoms. The molecule has 114 valence electrons. The molecule has 3 rings (SSSR count). The number of hydrogen-bond acceptors (Lipinski definition) is 2. The molecule has 3 aromatic rings. The van der Waals surface area contributed by atoms with Crippen molar-refractivity contribution in [3.63, 3.8) is 0 Å². The first kappa shape index (κ1) is 14.9. The summed E-state index contributed by atoms with van der Waals surface area (Å²) in [6.45, 7) is 0.600. The van der Waals surface area contributed by atoms with Gasteiger partial charge in [0.1, 0.15) is 0 Å². The topological polar surface area (TPSA) is 41.1 Å². The second kappa shape index (κ2) is 7.27. The zero-order valence-corrected chi connectivity index (χ0v) is 12.7. The lowest BCUT2D eigenvalue weighted by Gasteiger charge is -2.12. The van der Waals surface area contributed by atoms with Gasteiger partial charge in [0.2, 0.25) is 0 Å². The largest absolute Gasteiger partial charge is 0.381 e. The highest BCUT2D eigenvalue weighted by molar-refractivity contribution is 6.05. The summed E-state index contributed by atoms with van der Waals surface area (Å²) in [5.74, 6) is -0.0957. The van der Waals surface area contributed by atoms with E-state index in [0.29, 0.717) is 12.1 Å². The average Bonchev–Trinajstić information content (AvgIpc) is 2.62. The van der Waals surface area contributed by atoms with Crippen molar-refractivity contribution in [3.8, 4) is 0 Å². The van der Waals surface area contributed by atoms with E-state index in [4.69, 9.17) is 0 Å². The summed E-state index contributed by atoms with van der Waals surface area (Å²) in [6, 6.07) is 27.1. The molecule has 3 heteroatoms.